The molecule has 166 valence electrons. The van der Waals surface area contributed by atoms with Gasteiger partial charge in [-0.1, -0.05) is 18.2 Å². The molecule has 9 heteroatoms. The van der Waals surface area contributed by atoms with Crippen LogP contribution in [-0.4, -0.2) is 25.2 Å². The van der Waals surface area contributed by atoms with E-state index < -0.39 is 5.82 Å². The molecular weight excluding hydrogens is 415 g/mol. The van der Waals surface area contributed by atoms with Crippen molar-refractivity contribution in [1.29, 1.82) is 0 Å². The van der Waals surface area contributed by atoms with E-state index in [1.165, 1.54) is 16.1 Å². The van der Waals surface area contributed by atoms with Crippen LogP contribution in [0.4, 0.5) is 14.9 Å². The summed E-state index contributed by atoms with van der Waals surface area (Å²) in [5, 5.41) is 2.70. The van der Waals surface area contributed by atoms with Crippen LogP contribution in [-0.2, 0) is 6.61 Å². The molecule has 0 saturated carbocycles. The highest BCUT2D eigenvalue weighted by Gasteiger charge is 2.29. The van der Waals surface area contributed by atoms with Gasteiger partial charge in [0.25, 0.3) is 0 Å². The van der Waals surface area contributed by atoms with Crippen molar-refractivity contribution in [3.8, 4) is 23.0 Å². The van der Waals surface area contributed by atoms with E-state index in [4.69, 9.17) is 14.2 Å². The molecule has 0 aromatic heterocycles. The van der Waals surface area contributed by atoms with Gasteiger partial charge >= 0.3 is 6.03 Å². The van der Waals surface area contributed by atoms with Crippen molar-refractivity contribution in [3.05, 3.63) is 77.6 Å². The lowest BCUT2D eigenvalue weighted by Gasteiger charge is -2.20. The van der Waals surface area contributed by atoms with Crippen LogP contribution >= 0.6 is 0 Å². The summed E-state index contributed by atoms with van der Waals surface area (Å²) in [7, 11) is 3.17. The molecule has 1 aliphatic heterocycles. The zero-order chi connectivity index (χ0) is 22.7. The molecule has 4 rings (SSSR count). The minimum atomic E-state index is -0.431. The first-order chi connectivity index (χ1) is 15.5. The smallest absolute Gasteiger partial charge is 0.355 e. The number of nitrogens with one attached hydrogen (secondary N) is 2. The quantitative estimate of drug-likeness (QED) is 0.573. The van der Waals surface area contributed by atoms with E-state index in [0.717, 1.165) is 5.56 Å². The van der Waals surface area contributed by atoms with Crippen LogP contribution in [0.3, 0.4) is 0 Å². The Bertz CT molecular complexity index is 1140. The van der Waals surface area contributed by atoms with E-state index in [1.807, 2.05) is 6.92 Å². The van der Waals surface area contributed by atoms with Gasteiger partial charge in [-0.15, -0.1) is 11.1 Å². The fraction of sp³-hybridized carbons (Fsp3) is 0.174. The summed E-state index contributed by atoms with van der Waals surface area (Å²) in [6.45, 7) is 2.03. The molecular formula is C23H23FN4O4. The Morgan fingerprint density at radius 3 is 2.44 bits per heavy atom. The Labute approximate surface area is 185 Å². The minimum absolute atomic E-state index is 0.153. The predicted octanol–water partition coefficient (Wildman–Crippen LogP) is 4.31. The average Bonchev–Trinajstić information content (AvgIpc) is 3.12. The molecule has 32 heavy (non-hydrogen) atoms. The summed E-state index contributed by atoms with van der Waals surface area (Å²) in [6.07, 6.45) is 0. The molecule has 2 amide bonds. The van der Waals surface area contributed by atoms with Crippen molar-refractivity contribution in [2.24, 2.45) is 0 Å². The van der Waals surface area contributed by atoms with Crippen molar-refractivity contribution >= 4 is 11.7 Å². The highest BCUT2D eigenvalue weighted by molar-refractivity contribution is 5.93. The molecule has 0 atom stereocenters. The van der Waals surface area contributed by atoms with E-state index in [0.29, 0.717) is 28.5 Å². The van der Waals surface area contributed by atoms with Gasteiger partial charge in [-0.25, -0.2) is 19.2 Å². The molecule has 0 spiro atoms. The second-order valence-corrected chi connectivity index (χ2v) is 7.11. The van der Waals surface area contributed by atoms with Gasteiger partial charge in [0.1, 0.15) is 23.9 Å². The van der Waals surface area contributed by atoms with E-state index in [-0.39, 0.29) is 18.4 Å². The van der Waals surface area contributed by atoms with Crippen molar-refractivity contribution in [1.82, 2.24) is 16.1 Å². The number of aryl methyl sites for hydroxylation is 1. The van der Waals surface area contributed by atoms with E-state index in [1.54, 1.807) is 68.8 Å². The van der Waals surface area contributed by atoms with E-state index in [9.17, 15) is 9.18 Å². The molecule has 1 aliphatic rings. The minimum Gasteiger partial charge on any atom is -0.496 e. The standard InChI is InChI=1S/C23H23FN4O4/c1-15-13-16(32-22-9-5-4-7-18(22)24)11-12-20(15)31-14-17-19(8-6-10-21(17)30-3)28-23(29)27(2)25-26-28/h4-13,25-26H,14H2,1-3H3. The number of amides is 2. The van der Waals surface area contributed by atoms with Crippen molar-refractivity contribution in [2.45, 2.75) is 13.5 Å². The Balaban J connectivity index is 1.54. The maximum atomic E-state index is 13.9. The molecule has 3 aromatic carbocycles. The summed E-state index contributed by atoms with van der Waals surface area (Å²) in [5.74, 6) is 1.43. The number of ether oxygens (including phenoxy) is 3. The number of urea groups is 1. The lowest BCUT2D eigenvalue weighted by atomic mass is 10.1. The summed E-state index contributed by atoms with van der Waals surface area (Å²) in [6, 6.07) is 16.6. The lowest BCUT2D eigenvalue weighted by Crippen LogP contribution is -2.38. The van der Waals surface area contributed by atoms with E-state index >= 15 is 0 Å². The average molecular weight is 438 g/mol. The number of hydrazine groups is 3. The van der Waals surface area contributed by atoms with Crippen LogP contribution in [0.1, 0.15) is 11.1 Å². The summed E-state index contributed by atoms with van der Waals surface area (Å²) >= 11 is 0. The fourth-order valence-electron chi connectivity index (χ4n) is 3.29. The Hall–Kier alpha value is -3.82. The Morgan fingerprint density at radius 1 is 0.969 bits per heavy atom. The van der Waals surface area contributed by atoms with Gasteiger partial charge in [0.15, 0.2) is 11.6 Å². The zero-order valence-corrected chi connectivity index (χ0v) is 17.9. The molecule has 0 aliphatic carbocycles. The summed E-state index contributed by atoms with van der Waals surface area (Å²) in [5.41, 5.74) is 7.65. The lowest BCUT2D eigenvalue weighted by molar-refractivity contribution is 0.214. The number of benzene rings is 3. The monoisotopic (exact) mass is 438 g/mol. The molecule has 0 bridgehead atoms. The number of hydrogen-bond donors (Lipinski definition) is 2. The van der Waals surface area contributed by atoms with Gasteiger partial charge < -0.3 is 14.2 Å². The topological polar surface area (TPSA) is 75.3 Å². The normalized spacial score (nSPS) is 13.4. The number of anilines is 1. The first-order valence-corrected chi connectivity index (χ1v) is 9.88. The molecule has 8 nitrogen and oxygen atoms in total. The second kappa shape index (κ2) is 9.13. The van der Waals surface area contributed by atoms with Crippen LogP contribution in [0.2, 0.25) is 0 Å². The fourth-order valence-corrected chi connectivity index (χ4v) is 3.29. The molecule has 0 unspecified atom stereocenters. The van der Waals surface area contributed by atoms with Crippen LogP contribution in [0.15, 0.2) is 60.7 Å². The third kappa shape index (κ3) is 4.29. The van der Waals surface area contributed by atoms with Gasteiger partial charge in [-0.2, -0.15) is 0 Å². The van der Waals surface area contributed by atoms with E-state index in [2.05, 4.69) is 11.1 Å². The summed E-state index contributed by atoms with van der Waals surface area (Å²) in [4.78, 5) is 12.4. The molecule has 1 heterocycles. The Morgan fingerprint density at radius 2 is 1.75 bits per heavy atom. The van der Waals surface area contributed by atoms with Gasteiger partial charge in [0.2, 0.25) is 0 Å². The number of methoxy groups -OCH3 is 1. The van der Waals surface area contributed by atoms with Crippen LogP contribution < -0.4 is 30.3 Å². The highest BCUT2D eigenvalue weighted by Crippen LogP contribution is 2.33. The molecule has 1 saturated heterocycles. The van der Waals surface area contributed by atoms with Gasteiger partial charge in [0, 0.05) is 7.05 Å². The first-order valence-electron chi connectivity index (χ1n) is 9.88. The molecule has 1 fully saturated rings. The number of nitrogens with zero attached hydrogens (tertiary/aromatic N) is 2. The zero-order valence-electron chi connectivity index (χ0n) is 17.9. The Kier molecular flexibility index (Phi) is 6.11. The molecule has 0 radical (unpaired) electrons. The largest absolute Gasteiger partial charge is 0.496 e. The van der Waals surface area contributed by atoms with Crippen LogP contribution in [0, 0.1) is 12.7 Å². The number of rotatable bonds is 7. The number of hydrogen-bond acceptors (Lipinski definition) is 6. The van der Waals surface area contributed by atoms with Crippen molar-refractivity contribution < 1.29 is 23.4 Å². The number of para-hydroxylation sites is 1. The van der Waals surface area contributed by atoms with Crippen LogP contribution in [0.5, 0.6) is 23.0 Å². The van der Waals surface area contributed by atoms with Crippen LogP contribution in [0.25, 0.3) is 0 Å². The van der Waals surface area contributed by atoms with Gasteiger partial charge in [-0.3, -0.25) is 0 Å². The summed E-state index contributed by atoms with van der Waals surface area (Å²) < 4.78 is 31.0. The second-order valence-electron chi connectivity index (χ2n) is 7.11. The van der Waals surface area contributed by atoms with Crippen molar-refractivity contribution in [2.75, 3.05) is 19.2 Å². The first kappa shape index (κ1) is 21.4. The maximum absolute atomic E-state index is 13.9. The predicted molar refractivity (Wildman–Crippen MR) is 117 cm³/mol. The third-order valence-electron chi connectivity index (χ3n) is 4.96. The molecule has 3 aromatic rings. The van der Waals surface area contributed by atoms with Crippen molar-refractivity contribution in [3.63, 3.8) is 0 Å². The highest BCUT2D eigenvalue weighted by atomic mass is 19.1. The van der Waals surface area contributed by atoms with Gasteiger partial charge in [-0.05, 0) is 55.0 Å². The van der Waals surface area contributed by atoms with Gasteiger partial charge in [0.05, 0.1) is 18.4 Å². The third-order valence-corrected chi connectivity index (χ3v) is 4.96. The number of carbonyl (C=O) groups excluding carboxylic acids is 1. The SMILES string of the molecule is COc1cccc(N2NNN(C)C2=O)c1COc1ccc(Oc2ccccc2F)cc1C. The molecule has 2 N–H and O–H groups in total. The number of halogens is 1. The number of carbonyl (C=O) groups is 1. The maximum Gasteiger partial charge on any atom is 0.355 e.